The maximum Gasteiger partial charge on any atom is 0.410 e. The minimum Gasteiger partial charge on any atom is -0.497 e. The van der Waals surface area contributed by atoms with E-state index in [0.29, 0.717) is 74.9 Å². The number of amides is 1. The van der Waals surface area contributed by atoms with E-state index in [0.717, 1.165) is 42.0 Å². The van der Waals surface area contributed by atoms with Gasteiger partial charge in [0.2, 0.25) is 0 Å². The van der Waals surface area contributed by atoms with E-state index in [1.807, 2.05) is 86.3 Å². The maximum atomic E-state index is 17.4. The van der Waals surface area contributed by atoms with Crippen molar-refractivity contribution in [3.8, 4) is 28.8 Å². The summed E-state index contributed by atoms with van der Waals surface area (Å²) in [6.07, 6.45) is 0.773. The first-order valence-corrected chi connectivity index (χ1v) is 21.1. The topological polar surface area (TPSA) is 106 Å². The molecule has 1 amide bonds. The lowest BCUT2D eigenvalue weighted by Crippen LogP contribution is -2.50. The van der Waals surface area contributed by atoms with E-state index in [1.54, 1.807) is 31.3 Å². The van der Waals surface area contributed by atoms with E-state index in [1.165, 1.54) is 0 Å². The molecule has 3 aromatic carbocycles. The van der Waals surface area contributed by atoms with Crippen molar-refractivity contribution in [2.24, 2.45) is 0 Å². The highest BCUT2D eigenvalue weighted by atomic mass is 35.5. The van der Waals surface area contributed by atoms with Crippen molar-refractivity contribution in [1.82, 2.24) is 24.8 Å². The molecule has 5 heterocycles. The molecule has 0 radical (unpaired) electrons. The fourth-order valence-electron chi connectivity index (χ4n) is 8.63. The van der Waals surface area contributed by atoms with Gasteiger partial charge in [-0.25, -0.2) is 18.6 Å². The third kappa shape index (κ3) is 9.25. The number of piperazine rings is 1. The first-order chi connectivity index (χ1) is 29.3. The summed E-state index contributed by atoms with van der Waals surface area (Å²) in [4.78, 5) is 35.4. The van der Waals surface area contributed by atoms with Crippen molar-refractivity contribution in [3.05, 3.63) is 94.8 Å². The van der Waals surface area contributed by atoms with E-state index in [4.69, 9.17) is 40.5 Å². The van der Waals surface area contributed by atoms with Crippen molar-refractivity contribution in [2.75, 3.05) is 69.9 Å². The number of hydrogen-bond donors (Lipinski definition) is 0. The largest absolute Gasteiger partial charge is 0.497 e. The fourth-order valence-corrected chi connectivity index (χ4v) is 8.92. The number of halogens is 3. The number of aromatic nitrogens is 3. The molecule has 3 aliphatic rings. The molecule has 5 aromatic rings. The molecule has 0 aliphatic carbocycles. The van der Waals surface area contributed by atoms with Crippen LogP contribution >= 0.6 is 11.6 Å². The van der Waals surface area contributed by atoms with Crippen LogP contribution in [0.4, 0.5) is 25.2 Å². The Morgan fingerprint density at radius 3 is 2.18 bits per heavy atom. The van der Waals surface area contributed by atoms with Crippen molar-refractivity contribution < 1.29 is 32.5 Å². The quantitative estimate of drug-likeness (QED) is 0.120. The summed E-state index contributed by atoms with van der Waals surface area (Å²) in [6, 6.07) is 22.8. The van der Waals surface area contributed by atoms with Crippen LogP contribution in [0.2, 0.25) is 5.02 Å². The number of ether oxygens (including phenoxy) is 4. The number of benzene rings is 3. The minimum absolute atomic E-state index is 0.0142. The van der Waals surface area contributed by atoms with Gasteiger partial charge in [-0.15, -0.1) is 0 Å². The van der Waals surface area contributed by atoms with Crippen LogP contribution in [0.5, 0.6) is 17.5 Å². The van der Waals surface area contributed by atoms with Gasteiger partial charge in [0.05, 0.1) is 36.0 Å². The lowest BCUT2D eigenvalue weighted by Gasteiger charge is -2.36. The van der Waals surface area contributed by atoms with Gasteiger partial charge in [0.25, 0.3) is 0 Å². The molecule has 2 aromatic heterocycles. The molecule has 3 fully saturated rings. The minimum atomic E-state index is -0.938. The summed E-state index contributed by atoms with van der Waals surface area (Å²) in [5.74, 6) is 1.87. The van der Waals surface area contributed by atoms with Crippen LogP contribution in [-0.4, -0.2) is 108 Å². The number of pyridine rings is 1. The molecule has 2 atom stereocenters. The normalized spacial score (nSPS) is 19.2. The second-order valence-corrected chi connectivity index (χ2v) is 17.4. The number of hydrogen-bond acceptors (Lipinski definition) is 11. The van der Waals surface area contributed by atoms with E-state index >= 15 is 4.39 Å². The molecular formula is C46H52ClF2N7O5. The number of methoxy groups -OCH3 is 2. The Balaban J connectivity index is 1.15. The van der Waals surface area contributed by atoms with E-state index in [2.05, 4.69) is 14.8 Å². The molecule has 0 saturated carbocycles. The van der Waals surface area contributed by atoms with Gasteiger partial charge in [-0.3, -0.25) is 4.90 Å². The summed E-state index contributed by atoms with van der Waals surface area (Å²) >= 11 is 7.06. The summed E-state index contributed by atoms with van der Waals surface area (Å²) in [5.41, 5.74) is 1.39. The number of alkyl halides is 1. The maximum absolute atomic E-state index is 17.4. The standard InChI is InChI=1S/C46H52ClF2N7O5/c1-45(2,3)61-44(57)54-22-20-53(21-23-54)42-35-24-36(47)39(40(49)41(35)51-43(52-42)60-29-46-18-7-19-56(46)28-32(48)25-46)37-8-6-9-38(50-37)55(26-30-10-14-33(58-4)15-11-30)27-31-12-16-34(59-5)17-13-31/h6,8-17,24,32H,7,18-23,25-29H2,1-5H3/t32-,46+/m1/s1. The second kappa shape index (κ2) is 17.5. The Morgan fingerprint density at radius 1 is 0.902 bits per heavy atom. The Morgan fingerprint density at radius 2 is 1.56 bits per heavy atom. The van der Waals surface area contributed by atoms with Crippen molar-refractivity contribution in [1.29, 1.82) is 0 Å². The van der Waals surface area contributed by atoms with Crippen molar-refractivity contribution in [2.45, 2.75) is 70.4 Å². The first kappa shape index (κ1) is 42.2. The van der Waals surface area contributed by atoms with Gasteiger partial charge in [0.1, 0.15) is 47.0 Å². The monoisotopic (exact) mass is 855 g/mol. The highest BCUT2D eigenvalue weighted by Gasteiger charge is 2.49. The number of anilines is 2. The number of carbonyl (C=O) groups is 1. The highest BCUT2D eigenvalue weighted by Crippen LogP contribution is 2.42. The summed E-state index contributed by atoms with van der Waals surface area (Å²) in [6.45, 7) is 9.37. The molecule has 0 unspecified atom stereocenters. The third-order valence-corrected chi connectivity index (χ3v) is 12.0. The van der Waals surface area contributed by atoms with Gasteiger partial charge in [-0.2, -0.15) is 9.97 Å². The molecule has 61 heavy (non-hydrogen) atoms. The van der Waals surface area contributed by atoms with Gasteiger partial charge in [0.15, 0.2) is 5.82 Å². The summed E-state index contributed by atoms with van der Waals surface area (Å²) < 4.78 is 54.8. The zero-order valence-electron chi connectivity index (χ0n) is 35.3. The molecule has 3 aliphatic heterocycles. The summed E-state index contributed by atoms with van der Waals surface area (Å²) in [5, 5.41) is 0.532. The highest BCUT2D eigenvalue weighted by molar-refractivity contribution is 6.34. The molecule has 3 saturated heterocycles. The SMILES string of the molecule is COc1ccc(CN(Cc2ccc(OC)cc2)c2cccc(-c3c(Cl)cc4c(N5CCN(C(=O)OC(C)(C)C)CC5)nc(OC[C@@]56CCCN5C[C@H](F)C6)nc4c3F)n2)cc1. The Labute approximate surface area is 360 Å². The van der Waals surface area contributed by atoms with Gasteiger partial charge in [0, 0.05) is 57.6 Å². The average Bonchev–Trinajstić information content (AvgIpc) is 3.78. The van der Waals surface area contributed by atoms with E-state index < -0.39 is 29.2 Å². The summed E-state index contributed by atoms with van der Waals surface area (Å²) in [7, 11) is 3.27. The second-order valence-electron chi connectivity index (χ2n) is 17.0. The molecular weight excluding hydrogens is 804 g/mol. The molecule has 8 rings (SSSR count). The lowest BCUT2D eigenvalue weighted by atomic mass is 9.95. The van der Waals surface area contributed by atoms with E-state index in [-0.39, 0.29) is 28.7 Å². The fraction of sp³-hybridized carbons (Fsp3) is 0.435. The van der Waals surface area contributed by atoms with Crippen molar-refractivity contribution in [3.63, 3.8) is 0 Å². The van der Waals surface area contributed by atoms with E-state index in [9.17, 15) is 9.18 Å². The van der Waals surface area contributed by atoms with Crippen LogP contribution in [0, 0.1) is 5.82 Å². The van der Waals surface area contributed by atoms with Gasteiger partial charge in [-0.1, -0.05) is 41.9 Å². The van der Waals surface area contributed by atoms with Crippen LogP contribution in [0.15, 0.2) is 72.8 Å². The van der Waals surface area contributed by atoms with Gasteiger partial charge < -0.3 is 33.6 Å². The lowest BCUT2D eigenvalue weighted by molar-refractivity contribution is 0.0240. The van der Waals surface area contributed by atoms with Crippen LogP contribution < -0.4 is 24.0 Å². The Hall–Kier alpha value is -5.47. The molecule has 0 spiro atoms. The molecule has 15 heteroatoms. The number of fused-ring (bicyclic) bond motifs is 2. The zero-order chi connectivity index (χ0) is 42.9. The first-order valence-electron chi connectivity index (χ1n) is 20.7. The number of nitrogens with zero attached hydrogens (tertiary/aromatic N) is 7. The molecule has 322 valence electrons. The van der Waals surface area contributed by atoms with Crippen LogP contribution in [-0.2, 0) is 17.8 Å². The zero-order valence-corrected chi connectivity index (χ0v) is 36.1. The van der Waals surface area contributed by atoms with Crippen molar-refractivity contribution >= 4 is 40.2 Å². The Kier molecular flexibility index (Phi) is 12.1. The molecule has 12 nitrogen and oxygen atoms in total. The average molecular weight is 856 g/mol. The van der Waals surface area contributed by atoms with Crippen LogP contribution in [0.3, 0.4) is 0 Å². The Bertz CT molecular complexity index is 2310. The number of rotatable bonds is 12. The molecule has 0 bridgehead atoms. The van der Waals surface area contributed by atoms with Crippen LogP contribution in [0.1, 0.15) is 51.2 Å². The molecule has 0 N–H and O–H groups in total. The predicted octanol–water partition coefficient (Wildman–Crippen LogP) is 8.72. The smallest absolute Gasteiger partial charge is 0.410 e. The van der Waals surface area contributed by atoms with Gasteiger partial charge >= 0.3 is 12.1 Å². The van der Waals surface area contributed by atoms with Gasteiger partial charge in [-0.05, 0) is 93.7 Å². The third-order valence-electron chi connectivity index (χ3n) is 11.7. The number of carbonyl (C=O) groups excluding carboxylic acids is 1. The van der Waals surface area contributed by atoms with Crippen LogP contribution in [0.25, 0.3) is 22.2 Å². The predicted molar refractivity (Wildman–Crippen MR) is 232 cm³/mol.